The Kier molecular flexibility index (Phi) is 9.43. The number of nitrogens with zero attached hydrogens (tertiary/aromatic N) is 1. The van der Waals surface area contributed by atoms with E-state index in [1.54, 1.807) is 12.1 Å². The van der Waals surface area contributed by atoms with Crippen molar-refractivity contribution in [3.8, 4) is 11.5 Å². The van der Waals surface area contributed by atoms with E-state index >= 15 is 0 Å². The minimum Gasteiger partial charge on any atom is -0.493 e. The van der Waals surface area contributed by atoms with Crippen molar-refractivity contribution in [3.05, 3.63) is 114 Å². The van der Waals surface area contributed by atoms with E-state index in [1.165, 1.54) is 62.8 Å². The number of sulfonamides is 1. The predicted octanol–water partition coefficient (Wildman–Crippen LogP) is 5.17. The van der Waals surface area contributed by atoms with Gasteiger partial charge in [-0.2, -0.15) is 0 Å². The first-order valence-electron chi connectivity index (χ1n) is 12.9. The number of carbonyl (C=O) groups excluding carboxylic acids is 2. The SMILES string of the molecule is COc1ccc(S(=O)(=O)N(CC(=O)Nc2ccccc2C(=O)NC(C)c2ccccc2)c2ccccc2F)cc1OC. The zero-order valence-corrected chi connectivity index (χ0v) is 24.0. The first-order chi connectivity index (χ1) is 20.1. The molecule has 2 N–H and O–H groups in total. The Labute approximate surface area is 243 Å². The van der Waals surface area contributed by atoms with Gasteiger partial charge in [-0.15, -0.1) is 0 Å². The molecule has 2 amide bonds. The number of amides is 2. The van der Waals surface area contributed by atoms with Crippen molar-refractivity contribution >= 4 is 33.2 Å². The smallest absolute Gasteiger partial charge is 0.265 e. The number of halogens is 1. The molecule has 42 heavy (non-hydrogen) atoms. The van der Waals surface area contributed by atoms with Crippen molar-refractivity contribution in [1.82, 2.24) is 5.32 Å². The summed E-state index contributed by atoms with van der Waals surface area (Å²) in [4.78, 5) is 26.2. The summed E-state index contributed by atoms with van der Waals surface area (Å²) in [6.07, 6.45) is 0. The molecule has 9 nitrogen and oxygen atoms in total. The van der Waals surface area contributed by atoms with Crippen molar-refractivity contribution in [2.75, 3.05) is 30.4 Å². The van der Waals surface area contributed by atoms with Gasteiger partial charge in [0, 0.05) is 6.07 Å². The summed E-state index contributed by atoms with van der Waals surface area (Å²) < 4.78 is 53.6. The molecule has 0 saturated carbocycles. The lowest BCUT2D eigenvalue weighted by molar-refractivity contribution is -0.114. The number of rotatable bonds is 11. The Morgan fingerprint density at radius 3 is 2.19 bits per heavy atom. The third-order valence-electron chi connectivity index (χ3n) is 6.44. The molecular formula is C31H30FN3O6S. The van der Waals surface area contributed by atoms with Crippen LogP contribution >= 0.6 is 0 Å². The van der Waals surface area contributed by atoms with Crippen LogP contribution in [0.25, 0.3) is 0 Å². The first kappa shape index (κ1) is 30.1. The van der Waals surface area contributed by atoms with Crippen LogP contribution in [-0.2, 0) is 14.8 Å². The van der Waals surface area contributed by atoms with Gasteiger partial charge in [-0.05, 0) is 48.9 Å². The highest BCUT2D eigenvalue weighted by atomic mass is 32.2. The Morgan fingerprint density at radius 1 is 0.857 bits per heavy atom. The second-order valence-corrected chi connectivity index (χ2v) is 11.0. The molecule has 0 saturated heterocycles. The van der Waals surface area contributed by atoms with Crippen LogP contribution in [0, 0.1) is 5.82 Å². The Bertz CT molecular complexity index is 1680. The van der Waals surface area contributed by atoms with E-state index in [9.17, 15) is 22.4 Å². The molecule has 0 aliphatic heterocycles. The summed E-state index contributed by atoms with van der Waals surface area (Å²) in [5, 5.41) is 5.51. The van der Waals surface area contributed by atoms with Crippen molar-refractivity contribution in [2.45, 2.75) is 17.9 Å². The zero-order chi connectivity index (χ0) is 30.3. The summed E-state index contributed by atoms with van der Waals surface area (Å²) >= 11 is 0. The van der Waals surface area contributed by atoms with Crippen LogP contribution < -0.4 is 24.4 Å². The van der Waals surface area contributed by atoms with E-state index in [0.29, 0.717) is 10.1 Å². The highest BCUT2D eigenvalue weighted by molar-refractivity contribution is 7.92. The van der Waals surface area contributed by atoms with E-state index in [4.69, 9.17) is 9.47 Å². The van der Waals surface area contributed by atoms with Crippen LogP contribution in [0.4, 0.5) is 15.8 Å². The molecule has 0 spiro atoms. The van der Waals surface area contributed by atoms with Gasteiger partial charge in [0.05, 0.1) is 42.1 Å². The molecule has 0 fully saturated rings. The molecule has 4 rings (SSSR count). The number of hydrogen-bond donors (Lipinski definition) is 2. The molecule has 218 valence electrons. The number of methoxy groups -OCH3 is 2. The number of nitrogens with one attached hydrogen (secondary N) is 2. The molecule has 0 heterocycles. The Morgan fingerprint density at radius 2 is 1.50 bits per heavy atom. The van der Waals surface area contributed by atoms with Crippen molar-refractivity contribution in [1.29, 1.82) is 0 Å². The summed E-state index contributed by atoms with van der Waals surface area (Å²) in [6, 6.07) is 24.5. The lowest BCUT2D eigenvalue weighted by atomic mass is 10.1. The summed E-state index contributed by atoms with van der Waals surface area (Å²) in [7, 11) is -1.72. The second kappa shape index (κ2) is 13.2. The van der Waals surface area contributed by atoms with Gasteiger partial charge >= 0.3 is 0 Å². The molecule has 1 atom stereocenters. The fraction of sp³-hybridized carbons (Fsp3) is 0.161. The van der Waals surface area contributed by atoms with Gasteiger partial charge in [-0.3, -0.25) is 13.9 Å². The standard InChI is InChI=1S/C31H30FN3O6S/c1-21(22-11-5-4-6-12-22)33-31(37)24-13-7-9-15-26(24)34-30(36)20-35(27-16-10-8-14-25(27)32)42(38,39)23-17-18-28(40-2)29(19-23)41-3/h4-19,21H,20H2,1-3H3,(H,33,37)(H,34,36). The minimum atomic E-state index is -4.48. The molecule has 4 aromatic carbocycles. The van der Waals surface area contributed by atoms with Crippen molar-refractivity contribution in [2.24, 2.45) is 0 Å². The van der Waals surface area contributed by atoms with Crippen LogP contribution in [0.5, 0.6) is 11.5 Å². The monoisotopic (exact) mass is 591 g/mol. The Balaban J connectivity index is 1.62. The maximum atomic E-state index is 14.9. The largest absolute Gasteiger partial charge is 0.493 e. The number of hydrogen-bond acceptors (Lipinski definition) is 6. The fourth-order valence-electron chi connectivity index (χ4n) is 4.27. The molecule has 0 aromatic heterocycles. The molecule has 0 bridgehead atoms. The van der Waals surface area contributed by atoms with E-state index < -0.39 is 34.2 Å². The van der Waals surface area contributed by atoms with Crippen molar-refractivity contribution in [3.63, 3.8) is 0 Å². The van der Waals surface area contributed by atoms with Crippen LogP contribution in [-0.4, -0.2) is 41.0 Å². The highest BCUT2D eigenvalue weighted by Crippen LogP contribution is 2.33. The van der Waals surface area contributed by atoms with Gasteiger partial charge in [0.1, 0.15) is 12.4 Å². The molecule has 11 heteroatoms. The minimum absolute atomic E-state index is 0.140. The van der Waals surface area contributed by atoms with E-state index in [2.05, 4.69) is 10.6 Å². The lowest BCUT2D eigenvalue weighted by Gasteiger charge is -2.25. The predicted molar refractivity (Wildman–Crippen MR) is 158 cm³/mol. The summed E-state index contributed by atoms with van der Waals surface area (Å²) in [6.45, 7) is 1.05. The van der Waals surface area contributed by atoms with Crippen LogP contribution in [0.3, 0.4) is 0 Å². The molecule has 1 unspecified atom stereocenters. The lowest BCUT2D eigenvalue weighted by Crippen LogP contribution is -2.39. The van der Waals surface area contributed by atoms with Gasteiger partial charge in [-0.25, -0.2) is 12.8 Å². The van der Waals surface area contributed by atoms with Gasteiger partial charge in [-0.1, -0.05) is 54.6 Å². The Hall–Kier alpha value is -4.90. The number of carbonyl (C=O) groups is 2. The zero-order valence-electron chi connectivity index (χ0n) is 23.2. The molecule has 0 aliphatic carbocycles. The summed E-state index contributed by atoms with van der Waals surface area (Å²) in [5.41, 5.74) is 0.907. The number of para-hydroxylation sites is 2. The first-order valence-corrected chi connectivity index (χ1v) is 14.3. The summed E-state index contributed by atoms with van der Waals surface area (Å²) in [5.74, 6) is -1.64. The van der Waals surface area contributed by atoms with Gasteiger partial charge in [0.2, 0.25) is 5.91 Å². The van der Waals surface area contributed by atoms with Gasteiger partial charge < -0.3 is 20.1 Å². The average Bonchev–Trinajstić information content (AvgIpc) is 3.00. The number of ether oxygens (including phenoxy) is 2. The molecular weight excluding hydrogens is 561 g/mol. The fourth-order valence-corrected chi connectivity index (χ4v) is 5.71. The number of benzene rings is 4. The maximum absolute atomic E-state index is 14.9. The van der Waals surface area contributed by atoms with Gasteiger partial charge in [0.25, 0.3) is 15.9 Å². The van der Waals surface area contributed by atoms with Crippen LogP contribution in [0.15, 0.2) is 102 Å². The third-order valence-corrected chi connectivity index (χ3v) is 8.20. The second-order valence-electron chi connectivity index (χ2n) is 9.18. The van der Waals surface area contributed by atoms with Crippen molar-refractivity contribution < 1.29 is 31.9 Å². The van der Waals surface area contributed by atoms with Crippen LogP contribution in [0.2, 0.25) is 0 Å². The molecule has 0 aliphatic rings. The normalized spacial score (nSPS) is 11.7. The molecule has 0 radical (unpaired) electrons. The van der Waals surface area contributed by atoms with E-state index in [1.807, 2.05) is 37.3 Å². The van der Waals surface area contributed by atoms with E-state index in [-0.39, 0.29) is 33.6 Å². The number of anilines is 2. The topological polar surface area (TPSA) is 114 Å². The third kappa shape index (κ3) is 6.69. The van der Waals surface area contributed by atoms with Gasteiger partial charge in [0.15, 0.2) is 11.5 Å². The van der Waals surface area contributed by atoms with E-state index in [0.717, 1.165) is 11.6 Å². The quantitative estimate of drug-likeness (QED) is 0.249. The molecule has 4 aromatic rings. The highest BCUT2D eigenvalue weighted by Gasteiger charge is 2.30. The average molecular weight is 592 g/mol. The van der Waals surface area contributed by atoms with Crippen LogP contribution in [0.1, 0.15) is 28.9 Å². The maximum Gasteiger partial charge on any atom is 0.265 e.